The second kappa shape index (κ2) is 7.54. The van der Waals surface area contributed by atoms with Crippen LogP contribution in [0.1, 0.15) is 35.3 Å². The Labute approximate surface area is 166 Å². The fraction of sp³-hybridized carbons (Fsp3) is 0.286. The third kappa shape index (κ3) is 3.53. The van der Waals surface area contributed by atoms with Gasteiger partial charge in [-0.25, -0.2) is 13.7 Å². The predicted molar refractivity (Wildman–Crippen MR) is 105 cm³/mol. The SMILES string of the molecule is CCOC(=O)c1cnn2ccc(N3CC(C(N)=O)CC3c3cccc(F)c3)cc12. The number of carbonyl (C=O) groups is 2. The summed E-state index contributed by atoms with van der Waals surface area (Å²) >= 11 is 0. The lowest BCUT2D eigenvalue weighted by Gasteiger charge is -2.27. The van der Waals surface area contributed by atoms with Gasteiger partial charge in [-0.3, -0.25) is 4.79 Å². The molecule has 3 heterocycles. The number of rotatable bonds is 5. The predicted octanol–water partition coefficient (Wildman–Crippen LogP) is 2.70. The number of ether oxygens (including phenoxy) is 1. The third-order valence-corrected chi connectivity index (χ3v) is 5.27. The number of amides is 1. The molecule has 2 aromatic heterocycles. The first-order valence-corrected chi connectivity index (χ1v) is 9.44. The van der Waals surface area contributed by atoms with Crippen molar-refractivity contribution in [2.75, 3.05) is 18.1 Å². The number of esters is 1. The molecule has 0 saturated carbocycles. The number of aromatic nitrogens is 2. The zero-order valence-corrected chi connectivity index (χ0v) is 15.9. The van der Waals surface area contributed by atoms with E-state index in [0.717, 1.165) is 11.3 Å². The van der Waals surface area contributed by atoms with Gasteiger partial charge in [0.05, 0.1) is 30.3 Å². The van der Waals surface area contributed by atoms with Crippen molar-refractivity contribution in [3.63, 3.8) is 0 Å². The molecule has 2 N–H and O–H groups in total. The van der Waals surface area contributed by atoms with Gasteiger partial charge in [-0.1, -0.05) is 12.1 Å². The third-order valence-electron chi connectivity index (χ3n) is 5.27. The molecule has 0 bridgehead atoms. The lowest BCUT2D eigenvalue weighted by Crippen LogP contribution is -2.28. The van der Waals surface area contributed by atoms with E-state index >= 15 is 0 Å². The Kier molecular flexibility index (Phi) is 4.92. The van der Waals surface area contributed by atoms with Gasteiger partial charge in [0, 0.05) is 18.4 Å². The molecule has 2 unspecified atom stereocenters. The molecule has 1 aromatic carbocycles. The van der Waals surface area contributed by atoms with Gasteiger partial charge in [-0.05, 0) is 43.2 Å². The van der Waals surface area contributed by atoms with Gasteiger partial charge >= 0.3 is 5.97 Å². The Hall–Kier alpha value is -3.42. The molecule has 1 saturated heterocycles. The van der Waals surface area contributed by atoms with Crippen molar-refractivity contribution < 1.29 is 18.7 Å². The topological polar surface area (TPSA) is 89.9 Å². The summed E-state index contributed by atoms with van der Waals surface area (Å²) in [5.74, 6) is -1.51. The van der Waals surface area contributed by atoms with Gasteiger partial charge in [0.1, 0.15) is 11.4 Å². The molecule has 3 aromatic rings. The average molecular weight is 396 g/mol. The van der Waals surface area contributed by atoms with Crippen molar-refractivity contribution >= 4 is 23.1 Å². The fourth-order valence-corrected chi connectivity index (χ4v) is 3.87. The molecule has 1 amide bonds. The van der Waals surface area contributed by atoms with Crippen LogP contribution in [0.5, 0.6) is 0 Å². The number of nitrogens with two attached hydrogens (primary N) is 1. The summed E-state index contributed by atoms with van der Waals surface area (Å²) < 4.78 is 20.5. The number of nitrogens with zero attached hydrogens (tertiary/aromatic N) is 3. The minimum absolute atomic E-state index is 0.209. The molecule has 8 heteroatoms. The van der Waals surface area contributed by atoms with Crippen LogP contribution >= 0.6 is 0 Å². The van der Waals surface area contributed by atoms with E-state index in [9.17, 15) is 14.0 Å². The van der Waals surface area contributed by atoms with Crippen LogP contribution in [0.25, 0.3) is 5.52 Å². The summed E-state index contributed by atoms with van der Waals surface area (Å²) in [5, 5.41) is 4.20. The summed E-state index contributed by atoms with van der Waals surface area (Å²) in [6.07, 6.45) is 3.71. The second-order valence-electron chi connectivity index (χ2n) is 7.05. The molecular weight excluding hydrogens is 375 g/mol. The van der Waals surface area contributed by atoms with Crippen molar-refractivity contribution in [3.8, 4) is 0 Å². The second-order valence-corrected chi connectivity index (χ2v) is 7.05. The number of carbonyl (C=O) groups excluding carboxylic acids is 2. The van der Waals surface area contributed by atoms with Gasteiger partial charge in [-0.2, -0.15) is 5.10 Å². The largest absolute Gasteiger partial charge is 0.462 e. The summed E-state index contributed by atoms with van der Waals surface area (Å²) in [6.45, 7) is 2.42. The van der Waals surface area contributed by atoms with Crippen molar-refractivity contribution in [3.05, 3.63) is 65.7 Å². The van der Waals surface area contributed by atoms with Crippen molar-refractivity contribution in [2.45, 2.75) is 19.4 Å². The Morgan fingerprint density at radius 2 is 2.14 bits per heavy atom. The van der Waals surface area contributed by atoms with Crippen LogP contribution in [-0.4, -0.2) is 34.6 Å². The highest BCUT2D eigenvalue weighted by atomic mass is 19.1. The Bertz CT molecular complexity index is 1080. The summed E-state index contributed by atoms with van der Waals surface area (Å²) in [5.41, 5.74) is 8.09. The molecule has 0 radical (unpaired) electrons. The maximum atomic E-state index is 13.8. The number of halogens is 1. The number of hydrogen-bond donors (Lipinski definition) is 1. The van der Waals surface area contributed by atoms with Crippen LogP contribution in [0.4, 0.5) is 10.1 Å². The number of pyridine rings is 1. The first kappa shape index (κ1) is 18.9. The molecule has 1 aliphatic rings. The molecular formula is C21H21FN4O3. The molecule has 4 rings (SSSR count). The molecule has 150 valence electrons. The lowest BCUT2D eigenvalue weighted by atomic mass is 9.99. The quantitative estimate of drug-likeness (QED) is 0.670. The number of fused-ring (bicyclic) bond motifs is 1. The minimum atomic E-state index is -0.447. The van der Waals surface area contributed by atoms with E-state index in [2.05, 4.69) is 5.10 Å². The van der Waals surface area contributed by atoms with E-state index in [1.807, 2.05) is 23.1 Å². The van der Waals surface area contributed by atoms with E-state index in [0.29, 0.717) is 24.0 Å². The number of primary amides is 1. The van der Waals surface area contributed by atoms with E-state index in [4.69, 9.17) is 10.5 Å². The van der Waals surface area contributed by atoms with E-state index in [1.54, 1.807) is 23.7 Å². The maximum absolute atomic E-state index is 13.8. The molecule has 0 aliphatic carbocycles. The Morgan fingerprint density at radius 1 is 1.31 bits per heavy atom. The molecule has 7 nitrogen and oxygen atoms in total. The lowest BCUT2D eigenvalue weighted by molar-refractivity contribution is -0.121. The Balaban J connectivity index is 1.76. The van der Waals surface area contributed by atoms with Crippen LogP contribution in [0, 0.1) is 11.7 Å². The fourth-order valence-electron chi connectivity index (χ4n) is 3.87. The Morgan fingerprint density at radius 3 is 2.86 bits per heavy atom. The van der Waals surface area contributed by atoms with Crippen LogP contribution in [-0.2, 0) is 9.53 Å². The zero-order valence-electron chi connectivity index (χ0n) is 15.9. The van der Waals surface area contributed by atoms with Gasteiger partial charge in [0.25, 0.3) is 0 Å². The van der Waals surface area contributed by atoms with E-state index < -0.39 is 5.97 Å². The maximum Gasteiger partial charge on any atom is 0.341 e. The molecule has 1 aliphatic heterocycles. The monoisotopic (exact) mass is 396 g/mol. The normalized spacial score (nSPS) is 18.9. The van der Waals surface area contributed by atoms with Gasteiger partial charge in [-0.15, -0.1) is 0 Å². The highest BCUT2D eigenvalue weighted by molar-refractivity contribution is 5.97. The molecule has 1 fully saturated rings. The first-order chi connectivity index (χ1) is 14.0. The average Bonchev–Trinajstić information content (AvgIpc) is 3.32. The number of hydrogen-bond acceptors (Lipinski definition) is 5. The molecule has 0 spiro atoms. The zero-order chi connectivity index (χ0) is 20.5. The van der Waals surface area contributed by atoms with Gasteiger partial charge in [0.15, 0.2) is 0 Å². The number of anilines is 1. The molecule has 2 atom stereocenters. The molecule has 29 heavy (non-hydrogen) atoms. The first-order valence-electron chi connectivity index (χ1n) is 9.44. The van der Waals surface area contributed by atoms with Crippen molar-refractivity contribution in [2.24, 2.45) is 11.7 Å². The van der Waals surface area contributed by atoms with Gasteiger partial charge < -0.3 is 15.4 Å². The highest BCUT2D eigenvalue weighted by Crippen LogP contribution is 2.39. The van der Waals surface area contributed by atoms with E-state index in [-0.39, 0.29) is 30.3 Å². The highest BCUT2D eigenvalue weighted by Gasteiger charge is 2.36. The van der Waals surface area contributed by atoms with Crippen molar-refractivity contribution in [1.82, 2.24) is 9.61 Å². The van der Waals surface area contributed by atoms with Crippen LogP contribution < -0.4 is 10.6 Å². The van der Waals surface area contributed by atoms with Crippen LogP contribution in [0.3, 0.4) is 0 Å². The van der Waals surface area contributed by atoms with Crippen LogP contribution in [0.2, 0.25) is 0 Å². The summed E-state index contributed by atoms with van der Waals surface area (Å²) in [6, 6.07) is 9.82. The summed E-state index contributed by atoms with van der Waals surface area (Å²) in [4.78, 5) is 26.1. The summed E-state index contributed by atoms with van der Waals surface area (Å²) in [7, 11) is 0. The number of benzene rings is 1. The van der Waals surface area contributed by atoms with Crippen molar-refractivity contribution in [1.29, 1.82) is 0 Å². The van der Waals surface area contributed by atoms with E-state index in [1.165, 1.54) is 18.3 Å². The van der Waals surface area contributed by atoms with Crippen LogP contribution in [0.15, 0.2) is 48.8 Å². The minimum Gasteiger partial charge on any atom is -0.462 e. The van der Waals surface area contributed by atoms with Gasteiger partial charge in [0.2, 0.25) is 5.91 Å². The smallest absolute Gasteiger partial charge is 0.341 e. The standard InChI is InChI=1S/C21H21FN4O3/c1-2-29-21(28)17-11-24-26-7-6-16(10-19(17)26)25-12-14(20(23)27)9-18(25)13-4-3-5-15(22)8-13/h3-8,10-11,14,18H,2,9,12H2,1H3,(H2,23,27).